The van der Waals surface area contributed by atoms with Gasteiger partial charge in [0.1, 0.15) is 0 Å². The van der Waals surface area contributed by atoms with Gasteiger partial charge < -0.3 is 20.1 Å². The average molecular weight is 343 g/mol. The van der Waals surface area contributed by atoms with Crippen molar-refractivity contribution >= 4 is 5.96 Å². The van der Waals surface area contributed by atoms with Crippen LogP contribution in [0.3, 0.4) is 0 Å². The maximum atomic E-state index is 5.59. The number of rotatable bonds is 11. The minimum atomic E-state index is 0.463. The largest absolute Gasteiger partial charge is 0.380 e. The van der Waals surface area contributed by atoms with Crippen molar-refractivity contribution in [3.8, 4) is 0 Å². The molecule has 1 atom stereocenters. The van der Waals surface area contributed by atoms with Gasteiger partial charge in [-0.05, 0) is 19.3 Å². The van der Waals surface area contributed by atoms with E-state index in [4.69, 9.17) is 14.5 Å². The van der Waals surface area contributed by atoms with E-state index >= 15 is 0 Å². The lowest BCUT2D eigenvalue weighted by atomic mass is 10.0. The highest BCUT2D eigenvalue weighted by Gasteiger charge is 2.23. The molecule has 1 unspecified atom stereocenters. The van der Waals surface area contributed by atoms with Crippen LogP contribution in [0.5, 0.6) is 0 Å². The third kappa shape index (κ3) is 8.85. The highest BCUT2D eigenvalue weighted by Crippen LogP contribution is 2.13. The Kier molecular flexibility index (Phi) is 11.9. The quantitative estimate of drug-likeness (QED) is 0.340. The number of nitrogens with one attached hydrogen (secondary N) is 2. The Morgan fingerprint density at radius 1 is 1.17 bits per heavy atom. The molecule has 1 aliphatic heterocycles. The van der Waals surface area contributed by atoms with Crippen LogP contribution in [0.15, 0.2) is 4.99 Å². The topological polar surface area (TPSA) is 58.1 Å². The molecule has 0 bridgehead atoms. The van der Waals surface area contributed by atoms with Crippen molar-refractivity contribution in [1.29, 1.82) is 0 Å². The van der Waals surface area contributed by atoms with Gasteiger partial charge in [0, 0.05) is 38.8 Å². The van der Waals surface area contributed by atoms with E-state index in [0.717, 1.165) is 71.5 Å². The first-order valence-corrected chi connectivity index (χ1v) is 9.60. The van der Waals surface area contributed by atoms with Crippen molar-refractivity contribution in [2.24, 2.45) is 10.9 Å². The molecule has 0 spiro atoms. The molecule has 0 aliphatic carbocycles. The lowest BCUT2D eigenvalue weighted by Gasteiger charge is -2.36. The maximum absolute atomic E-state index is 5.59. The molecule has 1 aliphatic rings. The summed E-state index contributed by atoms with van der Waals surface area (Å²) in [5.41, 5.74) is 0. The third-order valence-corrected chi connectivity index (χ3v) is 4.25. The third-order valence-electron chi connectivity index (χ3n) is 4.25. The van der Waals surface area contributed by atoms with Gasteiger partial charge in [-0.15, -0.1) is 0 Å². The van der Waals surface area contributed by atoms with Crippen LogP contribution < -0.4 is 10.6 Å². The Morgan fingerprint density at radius 2 is 1.92 bits per heavy atom. The van der Waals surface area contributed by atoms with Gasteiger partial charge in [0.05, 0.1) is 26.4 Å². The average Bonchev–Trinajstić information content (AvgIpc) is 2.58. The molecule has 1 rings (SSSR count). The van der Waals surface area contributed by atoms with Crippen molar-refractivity contribution in [3.63, 3.8) is 0 Å². The van der Waals surface area contributed by atoms with E-state index in [1.54, 1.807) is 0 Å². The van der Waals surface area contributed by atoms with Gasteiger partial charge in [-0.3, -0.25) is 9.89 Å². The van der Waals surface area contributed by atoms with Gasteiger partial charge in [-0.1, -0.05) is 27.2 Å². The molecular weight excluding hydrogens is 304 g/mol. The monoisotopic (exact) mass is 342 g/mol. The van der Waals surface area contributed by atoms with Crippen LogP contribution in [0.25, 0.3) is 0 Å². The van der Waals surface area contributed by atoms with Crippen LogP contribution in [0.1, 0.15) is 40.5 Å². The Morgan fingerprint density at radius 3 is 2.54 bits per heavy atom. The molecule has 1 saturated heterocycles. The van der Waals surface area contributed by atoms with E-state index in [9.17, 15) is 0 Å². The first-order valence-electron chi connectivity index (χ1n) is 9.60. The highest BCUT2D eigenvalue weighted by molar-refractivity contribution is 5.79. The van der Waals surface area contributed by atoms with Crippen molar-refractivity contribution in [2.75, 3.05) is 59.2 Å². The SMILES string of the molecule is CCCCOCCNC(=NCC(C(C)C)N1CCOCC1)NCC. The summed E-state index contributed by atoms with van der Waals surface area (Å²) in [6, 6.07) is 0.463. The molecule has 0 aromatic carbocycles. The zero-order chi connectivity index (χ0) is 17.6. The predicted molar refractivity (Wildman–Crippen MR) is 101 cm³/mol. The summed E-state index contributed by atoms with van der Waals surface area (Å²) in [5.74, 6) is 1.46. The summed E-state index contributed by atoms with van der Waals surface area (Å²) < 4.78 is 11.1. The van der Waals surface area contributed by atoms with E-state index in [1.807, 2.05) is 0 Å². The number of hydrogen-bond acceptors (Lipinski definition) is 4. The fraction of sp³-hybridized carbons (Fsp3) is 0.944. The van der Waals surface area contributed by atoms with Crippen LogP contribution in [-0.4, -0.2) is 76.1 Å². The number of nitrogens with zero attached hydrogens (tertiary/aromatic N) is 2. The van der Waals surface area contributed by atoms with Gasteiger partial charge in [0.15, 0.2) is 5.96 Å². The molecule has 0 aromatic heterocycles. The molecule has 2 N–H and O–H groups in total. The second-order valence-corrected chi connectivity index (χ2v) is 6.57. The molecule has 1 heterocycles. The number of ether oxygens (including phenoxy) is 2. The van der Waals surface area contributed by atoms with Crippen LogP contribution >= 0.6 is 0 Å². The summed E-state index contributed by atoms with van der Waals surface area (Å²) in [5, 5.41) is 6.69. The van der Waals surface area contributed by atoms with E-state index in [1.165, 1.54) is 6.42 Å². The van der Waals surface area contributed by atoms with Gasteiger partial charge in [0.2, 0.25) is 0 Å². The van der Waals surface area contributed by atoms with Crippen molar-refractivity contribution < 1.29 is 9.47 Å². The summed E-state index contributed by atoms with van der Waals surface area (Å²) >= 11 is 0. The molecule has 142 valence electrons. The Hall–Kier alpha value is -0.850. The second kappa shape index (κ2) is 13.4. The van der Waals surface area contributed by atoms with Crippen molar-refractivity contribution in [1.82, 2.24) is 15.5 Å². The highest BCUT2D eigenvalue weighted by atomic mass is 16.5. The standard InChI is InChI=1S/C18H38N4O2/c1-5-7-11-23-12-8-20-18(19-6-2)21-15-17(16(3)4)22-9-13-24-14-10-22/h16-17H,5-15H2,1-4H3,(H2,19,20,21). The molecule has 6 heteroatoms. The van der Waals surface area contributed by atoms with Crippen LogP contribution in [0.2, 0.25) is 0 Å². The fourth-order valence-electron chi connectivity index (χ4n) is 2.77. The predicted octanol–water partition coefficient (Wildman–Crippen LogP) is 1.72. The van der Waals surface area contributed by atoms with Gasteiger partial charge in [-0.2, -0.15) is 0 Å². The van der Waals surface area contributed by atoms with Gasteiger partial charge >= 0.3 is 0 Å². The van der Waals surface area contributed by atoms with Gasteiger partial charge in [-0.25, -0.2) is 0 Å². The lowest BCUT2D eigenvalue weighted by molar-refractivity contribution is 0.00867. The summed E-state index contributed by atoms with van der Waals surface area (Å²) in [4.78, 5) is 7.31. The van der Waals surface area contributed by atoms with Gasteiger partial charge in [0.25, 0.3) is 0 Å². The second-order valence-electron chi connectivity index (χ2n) is 6.57. The van der Waals surface area contributed by atoms with E-state index in [2.05, 4.69) is 43.2 Å². The van der Waals surface area contributed by atoms with Crippen LogP contribution in [-0.2, 0) is 9.47 Å². The molecule has 0 aromatic rings. The van der Waals surface area contributed by atoms with Crippen LogP contribution in [0, 0.1) is 5.92 Å². The smallest absolute Gasteiger partial charge is 0.191 e. The summed E-state index contributed by atoms with van der Waals surface area (Å²) in [6.07, 6.45) is 2.30. The molecular formula is C18H38N4O2. The van der Waals surface area contributed by atoms with Crippen molar-refractivity contribution in [3.05, 3.63) is 0 Å². The molecule has 0 amide bonds. The molecule has 0 saturated carbocycles. The number of hydrogen-bond donors (Lipinski definition) is 2. The number of morpholine rings is 1. The zero-order valence-corrected chi connectivity index (χ0v) is 16.1. The Labute approximate surface area is 148 Å². The van der Waals surface area contributed by atoms with E-state index < -0.39 is 0 Å². The van der Waals surface area contributed by atoms with Crippen LogP contribution in [0.4, 0.5) is 0 Å². The first-order chi connectivity index (χ1) is 11.7. The van der Waals surface area contributed by atoms with E-state index in [-0.39, 0.29) is 0 Å². The Balaban J connectivity index is 2.42. The molecule has 0 radical (unpaired) electrons. The number of unbranched alkanes of at least 4 members (excludes halogenated alkanes) is 1. The zero-order valence-electron chi connectivity index (χ0n) is 16.1. The minimum absolute atomic E-state index is 0.463. The summed E-state index contributed by atoms with van der Waals surface area (Å²) in [6.45, 7) is 16.5. The molecule has 1 fully saturated rings. The van der Waals surface area contributed by atoms with Crippen molar-refractivity contribution in [2.45, 2.75) is 46.6 Å². The first kappa shape index (κ1) is 21.2. The normalized spacial score (nSPS) is 18.0. The number of aliphatic imine (C=N–C) groups is 1. The van der Waals surface area contributed by atoms with E-state index in [0.29, 0.717) is 12.0 Å². The lowest BCUT2D eigenvalue weighted by Crippen LogP contribution is -2.48. The molecule has 6 nitrogen and oxygen atoms in total. The minimum Gasteiger partial charge on any atom is -0.380 e. The fourth-order valence-corrected chi connectivity index (χ4v) is 2.77. The number of guanidine groups is 1. The summed E-state index contributed by atoms with van der Waals surface area (Å²) in [7, 11) is 0. The Bertz CT molecular complexity index is 331. The molecule has 24 heavy (non-hydrogen) atoms. The maximum Gasteiger partial charge on any atom is 0.191 e.